The number of rotatable bonds is 13. The molecule has 22 heavy (non-hydrogen) atoms. The van der Waals surface area contributed by atoms with Crippen LogP contribution in [0, 0.1) is 0 Å². The molecule has 0 bridgehead atoms. The summed E-state index contributed by atoms with van der Waals surface area (Å²) in [5.74, 6) is 4.77. The van der Waals surface area contributed by atoms with Crippen molar-refractivity contribution in [2.45, 2.75) is 90.9 Å². The molecule has 0 aromatic rings. The molecule has 2 amide bonds. The van der Waals surface area contributed by atoms with Crippen molar-refractivity contribution in [3.63, 3.8) is 0 Å². The standard InChI is InChI=1S/C17H34N2O3/c1-3-5-7-9-11-13-15-19(17(21)22-18)16(20)14-12-10-8-6-4-2/h3-15,18H2,1-2H3. The monoisotopic (exact) mass is 314 g/mol. The number of hydrogen-bond acceptors (Lipinski definition) is 4. The molecule has 0 aromatic heterocycles. The minimum atomic E-state index is -0.730. The molecule has 5 heteroatoms. The highest BCUT2D eigenvalue weighted by atomic mass is 16.7. The van der Waals surface area contributed by atoms with Gasteiger partial charge in [-0.2, -0.15) is 5.90 Å². The van der Waals surface area contributed by atoms with E-state index in [0.29, 0.717) is 13.0 Å². The van der Waals surface area contributed by atoms with Crippen LogP contribution < -0.4 is 5.90 Å². The molecule has 0 saturated carbocycles. The summed E-state index contributed by atoms with van der Waals surface area (Å²) in [6.07, 6.45) is 11.7. The molecule has 0 aliphatic carbocycles. The van der Waals surface area contributed by atoms with E-state index in [1.54, 1.807) is 0 Å². The van der Waals surface area contributed by atoms with Crippen LogP contribution in [0.2, 0.25) is 0 Å². The Morgan fingerprint density at radius 2 is 1.32 bits per heavy atom. The smallest absolute Gasteiger partial charge is 0.356 e. The molecular formula is C17H34N2O3. The van der Waals surface area contributed by atoms with Crippen LogP contribution in [0.5, 0.6) is 0 Å². The van der Waals surface area contributed by atoms with Crippen molar-refractivity contribution in [1.29, 1.82) is 0 Å². The predicted octanol–water partition coefficient (Wildman–Crippen LogP) is 4.55. The van der Waals surface area contributed by atoms with Crippen LogP contribution in [-0.2, 0) is 9.63 Å². The van der Waals surface area contributed by atoms with Gasteiger partial charge in [-0.05, 0) is 12.8 Å². The second-order valence-corrected chi connectivity index (χ2v) is 5.86. The molecule has 0 aromatic carbocycles. The van der Waals surface area contributed by atoms with Gasteiger partial charge in [0.15, 0.2) is 0 Å². The summed E-state index contributed by atoms with van der Waals surface area (Å²) in [5, 5.41) is 0. The molecule has 0 atom stereocenters. The van der Waals surface area contributed by atoms with Gasteiger partial charge in [-0.25, -0.2) is 9.69 Å². The van der Waals surface area contributed by atoms with Crippen LogP contribution in [0.15, 0.2) is 0 Å². The fourth-order valence-corrected chi connectivity index (χ4v) is 2.45. The fourth-order valence-electron chi connectivity index (χ4n) is 2.45. The lowest BCUT2D eigenvalue weighted by Crippen LogP contribution is -2.39. The third-order valence-corrected chi connectivity index (χ3v) is 3.85. The van der Waals surface area contributed by atoms with Gasteiger partial charge in [0.25, 0.3) is 0 Å². The van der Waals surface area contributed by atoms with E-state index in [1.165, 1.54) is 37.0 Å². The first kappa shape index (κ1) is 20.9. The van der Waals surface area contributed by atoms with E-state index < -0.39 is 6.09 Å². The zero-order chi connectivity index (χ0) is 16.6. The zero-order valence-corrected chi connectivity index (χ0v) is 14.4. The molecule has 2 N–H and O–H groups in total. The molecule has 0 unspecified atom stereocenters. The first-order chi connectivity index (χ1) is 10.7. The molecule has 0 fully saturated rings. The minimum absolute atomic E-state index is 0.166. The second-order valence-electron chi connectivity index (χ2n) is 5.86. The van der Waals surface area contributed by atoms with Crippen LogP contribution in [-0.4, -0.2) is 23.4 Å². The highest BCUT2D eigenvalue weighted by Gasteiger charge is 2.21. The first-order valence-corrected chi connectivity index (χ1v) is 8.88. The van der Waals surface area contributed by atoms with Gasteiger partial charge >= 0.3 is 6.09 Å². The Bertz CT molecular complexity index is 296. The van der Waals surface area contributed by atoms with Crippen molar-refractivity contribution in [3.8, 4) is 0 Å². The molecular weight excluding hydrogens is 280 g/mol. The number of amides is 2. The Labute approximate surface area is 135 Å². The van der Waals surface area contributed by atoms with Gasteiger partial charge in [-0.1, -0.05) is 71.6 Å². The molecule has 0 saturated heterocycles. The Balaban J connectivity index is 4.00. The van der Waals surface area contributed by atoms with Crippen LogP contribution in [0.3, 0.4) is 0 Å². The Hall–Kier alpha value is -1.10. The van der Waals surface area contributed by atoms with E-state index in [4.69, 9.17) is 5.90 Å². The number of imide groups is 1. The van der Waals surface area contributed by atoms with Crippen LogP contribution in [0.4, 0.5) is 4.79 Å². The predicted molar refractivity (Wildman–Crippen MR) is 89.1 cm³/mol. The Morgan fingerprint density at radius 1 is 0.818 bits per heavy atom. The molecule has 0 spiro atoms. The van der Waals surface area contributed by atoms with E-state index in [1.807, 2.05) is 0 Å². The lowest BCUT2D eigenvalue weighted by Gasteiger charge is -2.18. The summed E-state index contributed by atoms with van der Waals surface area (Å²) >= 11 is 0. The van der Waals surface area contributed by atoms with Crippen molar-refractivity contribution in [2.75, 3.05) is 6.54 Å². The zero-order valence-electron chi connectivity index (χ0n) is 14.4. The third-order valence-electron chi connectivity index (χ3n) is 3.85. The van der Waals surface area contributed by atoms with Gasteiger partial charge in [0.2, 0.25) is 5.91 Å². The normalized spacial score (nSPS) is 10.5. The first-order valence-electron chi connectivity index (χ1n) is 8.88. The van der Waals surface area contributed by atoms with Crippen molar-refractivity contribution in [2.24, 2.45) is 5.90 Å². The second kappa shape index (κ2) is 14.8. The van der Waals surface area contributed by atoms with Gasteiger partial charge in [-0.3, -0.25) is 4.79 Å². The molecule has 0 aliphatic rings. The quantitative estimate of drug-likeness (QED) is 0.400. The fraction of sp³-hybridized carbons (Fsp3) is 0.882. The van der Waals surface area contributed by atoms with Gasteiger partial charge in [-0.15, -0.1) is 0 Å². The van der Waals surface area contributed by atoms with Gasteiger partial charge in [0, 0.05) is 13.0 Å². The summed E-state index contributed by atoms with van der Waals surface area (Å²) < 4.78 is 0. The van der Waals surface area contributed by atoms with Crippen molar-refractivity contribution < 1.29 is 14.4 Å². The Kier molecular flexibility index (Phi) is 14.1. The van der Waals surface area contributed by atoms with Gasteiger partial charge in [0.1, 0.15) is 0 Å². The largest absolute Gasteiger partial charge is 0.435 e. The van der Waals surface area contributed by atoms with Gasteiger partial charge in [0.05, 0.1) is 0 Å². The van der Waals surface area contributed by atoms with Crippen molar-refractivity contribution in [3.05, 3.63) is 0 Å². The van der Waals surface area contributed by atoms with Gasteiger partial charge < -0.3 is 4.84 Å². The van der Waals surface area contributed by atoms with Crippen molar-refractivity contribution in [1.82, 2.24) is 4.90 Å². The molecule has 130 valence electrons. The highest BCUT2D eigenvalue weighted by molar-refractivity contribution is 5.91. The van der Waals surface area contributed by atoms with E-state index in [2.05, 4.69) is 18.7 Å². The molecule has 0 rings (SSSR count). The number of carbonyl (C=O) groups is 2. The third kappa shape index (κ3) is 10.6. The van der Waals surface area contributed by atoms with Crippen LogP contribution in [0.1, 0.15) is 90.9 Å². The summed E-state index contributed by atoms with van der Waals surface area (Å²) in [6.45, 7) is 4.75. The molecule has 0 aliphatic heterocycles. The van der Waals surface area contributed by atoms with E-state index in [-0.39, 0.29) is 5.91 Å². The summed E-state index contributed by atoms with van der Waals surface area (Å²) in [6, 6.07) is 0. The topological polar surface area (TPSA) is 72.6 Å². The van der Waals surface area contributed by atoms with E-state index in [0.717, 1.165) is 38.5 Å². The van der Waals surface area contributed by atoms with Crippen LogP contribution >= 0.6 is 0 Å². The van der Waals surface area contributed by atoms with Crippen LogP contribution in [0.25, 0.3) is 0 Å². The maximum absolute atomic E-state index is 12.1. The number of nitrogens with two attached hydrogens (primary N) is 1. The average molecular weight is 314 g/mol. The SMILES string of the molecule is CCCCCCCCN(C(=O)CCCCCCC)C(=O)ON. The molecule has 5 nitrogen and oxygen atoms in total. The van der Waals surface area contributed by atoms with Crippen molar-refractivity contribution >= 4 is 12.0 Å². The van der Waals surface area contributed by atoms with E-state index in [9.17, 15) is 9.59 Å². The molecule has 0 radical (unpaired) electrons. The highest BCUT2D eigenvalue weighted by Crippen LogP contribution is 2.10. The maximum Gasteiger partial charge on any atom is 0.435 e. The number of carbonyl (C=O) groups excluding carboxylic acids is 2. The summed E-state index contributed by atoms with van der Waals surface area (Å²) in [4.78, 5) is 29.1. The average Bonchev–Trinajstić information content (AvgIpc) is 2.53. The lowest BCUT2D eigenvalue weighted by molar-refractivity contribution is -0.129. The number of hydrogen-bond donors (Lipinski definition) is 1. The summed E-state index contributed by atoms with van der Waals surface area (Å²) in [5.41, 5.74) is 0. The number of unbranched alkanes of at least 4 members (excludes halogenated alkanes) is 9. The number of nitrogens with zero attached hydrogens (tertiary/aromatic N) is 1. The summed E-state index contributed by atoms with van der Waals surface area (Å²) in [7, 11) is 0. The van der Waals surface area contributed by atoms with E-state index >= 15 is 0 Å². The lowest BCUT2D eigenvalue weighted by atomic mass is 10.1. The Morgan fingerprint density at radius 3 is 1.86 bits per heavy atom. The maximum atomic E-state index is 12.1. The molecule has 0 heterocycles. The minimum Gasteiger partial charge on any atom is -0.356 e.